The van der Waals surface area contributed by atoms with Crippen LogP contribution in [0.2, 0.25) is 0 Å². The van der Waals surface area contributed by atoms with Gasteiger partial charge < -0.3 is 10.1 Å². The van der Waals surface area contributed by atoms with Gasteiger partial charge in [0.15, 0.2) is 0 Å². The molecule has 0 atom stereocenters. The van der Waals surface area contributed by atoms with Gasteiger partial charge in [-0.25, -0.2) is 4.98 Å². The SMILES string of the molecule is CCC(=O)NCc1ccnc(Oc2cc(C)cc(C)c2)c1. The van der Waals surface area contributed by atoms with Crippen LogP contribution in [-0.4, -0.2) is 10.9 Å². The summed E-state index contributed by atoms with van der Waals surface area (Å²) in [5.74, 6) is 1.33. The molecule has 110 valence electrons. The quantitative estimate of drug-likeness (QED) is 0.914. The van der Waals surface area contributed by atoms with E-state index < -0.39 is 0 Å². The van der Waals surface area contributed by atoms with E-state index in [9.17, 15) is 4.79 Å². The van der Waals surface area contributed by atoms with Crippen molar-refractivity contribution < 1.29 is 9.53 Å². The van der Waals surface area contributed by atoms with E-state index >= 15 is 0 Å². The monoisotopic (exact) mass is 284 g/mol. The van der Waals surface area contributed by atoms with Crippen molar-refractivity contribution in [1.82, 2.24) is 10.3 Å². The van der Waals surface area contributed by atoms with Gasteiger partial charge in [0.2, 0.25) is 11.8 Å². The van der Waals surface area contributed by atoms with Crippen molar-refractivity contribution in [2.24, 2.45) is 0 Å². The van der Waals surface area contributed by atoms with Crippen LogP contribution in [0.4, 0.5) is 0 Å². The molecule has 0 spiro atoms. The number of pyridine rings is 1. The third kappa shape index (κ3) is 4.60. The Labute approximate surface area is 125 Å². The molecule has 1 aromatic carbocycles. The Bertz CT molecular complexity index is 618. The summed E-state index contributed by atoms with van der Waals surface area (Å²) in [6, 6.07) is 9.75. The lowest BCUT2D eigenvalue weighted by Gasteiger charge is -2.09. The van der Waals surface area contributed by atoms with Crippen LogP contribution in [-0.2, 0) is 11.3 Å². The minimum Gasteiger partial charge on any atom is -0.439 e. The summed E-state index contributed by atoms with van der Waals surface area (Å²) < 4.78 is 5.79. The Morgan fingerprint density at radius 2 is 1.90 bits per heavy atom. The van der Waals surface area contributed by atoms with Crippen LogP contribution in [0.1, 0.15) is 30.0 Å². The first-order valence-electron chi connectivity index (χ1n) is 7.04. The molecule has 0 fully saturated rings. The molecule has 0 aliphatic heterocycles. The topological polar surface area (TPSA) is 51.2 Å². The van der Waals surface area contributed by atoms with E-state index in [2.05, 4.69) is 16.4 Å². The lowest BCUT2D eigenvalue weighted by Crippen LogP contribution is -2.21. The molecule has 2 aromatic rings. The van der Waals surface area contributed by atoms with E-state index in [4.69, 9.17) is 4.74 Å². The number of rotatable bonds is 5. The molecule has 2 rings (SSSR count). The average molecular weight is 284 g/mol. The minimum atomic E-state index is 0.0311. The summed E-state index contributed by atoms with van der Waals surface area (Å²) in [4.78, 5) is 15.5. The molecule has 0 unspecified atom stereocenters. The molecule has 0 radical (unpaired) electrons. The number of nitrogens with zero attached hydrogens (tertiary/aromatic N) is 1. The van der Waals surface area contributed by atoms with E-state index in [1.165, 1.54) is 0 Å². The molecule has 0 saturated heterocycles. The van der Waals surface area contributed by atoms with Gasteiger partial charge in [0.25, 0.3) is 0 Å². The van der Waals surface area contributed by atoms with Crippen molar-refractivity contribution in [1.29, 1.82) is 0 Å². The number of amides is 1. The number of carbonyl (C=O) groups excluding carboxylic acids is 1. The first-order valence-corrected chi connectivity index (χ1v) is 7.04. The standard InChI is InChI=1S/C17H20N2O2/c1-4-16(20)19-11-14-5-6-18-17(10-14)21-15-8-12(2)7-13(3)9-15/h5-10H,4,11H2,1-3H3,(H,19,20). The van der Waals surface area contributed by atoms with Crippen LogP contribution in [0.5, 0.6) is 11.6 Å². The molecule has 1 amide bonds. The van der Waals surface area contributed by atoms with E-state index in [1.54, 1.807) is 6.20 Å². The number of benzene rings is 1. The molecule has 4 nitrogen and oxygen atoms in total. The zero-order valence-electron chi connectivity index (χ0n) is 12.6. The van der Waals surface area contributed by atoms with E-state index in [0.29, 0.717) is 18.8 Å². The highest BCUT2D eigenvalue weighted by atomic mass is 16.5. The second-order valence-electron chi connectivity index (χ2n) is 5.06. The molecule has 0 aliphatic carbocycles. The minimum absolute atomic E-state index is 0.0311. The maximum atomic E-state index is 11.3. The fourth-order valence-electron chi connectivity index (χ4n) is 2.05. The molecule has 0 aliphatic rings. The zero-order chi connectivity index (χ0) is 15.2. The van der Waals surface area contributed by atoms with Crippen molar-refractivity contribution in [2.45, 2.75) is 33.7 Å². The molecular formula is C17H20N2O2. The van der Waals surface area contributed by atoms with Gasteiger partial charge in [-0.1, -0.05) is 13.0 Å². The summed E-state index contributed by atoms with van der Waals surface area (Å²) in [5.41, 5.74) is 3.26. The molecule has 1 heterocycles. The molecule has 4 heteroatoms. The van der Waals surface area contributed by atoms with Crippen LogP contribution >= 0.6 is 0 Å². The summed E-state index contributed by atoms with van der Waals surface area (Å²) in [5, 5.41) is 2.84. The zero-order valence-corrected chi connectivity index (χ0v) is 12.6. The second kappa shape index (κ2) is 6.88. The highest BCUT2D eigenvalue weighted by Crippen LogP contribution is 2.22. The summed E-state index contributed by atoms with van der Waals surface area (Å²) in [7, 11) is 0. The smallest absolute Gasteiger partial charge is 0.219 e. The Balaban J connectivity index is 2.08. The van der Waals surface area contributed by atoms with E-state index in [-0.39, 0.29) is 5.91 Å². The third-order valence-electron chi connectivity index (χ3n) is 3.03. The predicted molar refractivity (Wildman–Crippen MR) is 82.4 cm³/mol. The van der Waals surface area contributed by atoms with Gasteiger partial charge in [0.05, 0.1) is 0 Å². The fourth-order valence-corrected chi connectivity index (χ4v) is 2.05. The lowest BCUT2D eigenvalue weighted by molar-refractivity contribution is -0.120. The number of aryl methyl sites for hydroxylation is 2. The number of ether oxygens (including phenoxy) is 1. The Hall–Kier alpha value is -2.36. The van der Waals surface area contributed by atoms with Crippen molar-refractivity contribution in [3.63, 3.8) is 0 Å². The van der Waals surface area contributed by atoms with Crippen LogP contribution in [0.15, 0.2) is 36.5 Å². The van der Waals surface area contributed by atoms with Crippen LogP contribution < -0.4 is 10.1 Å². The van der Waals surface area contributed by atoms with E-state index in [0.717, 1.165) is 22.4 Å². The van der Waals surface area contributed by atoms with Crippen LogP contribution in [0, 0.1) is 13.8 Å². The lowest BCUT2D eigenvalue weighted by atomic mass is 10.1. The maximum Gasteiger partial charge on any atom is 0.219 e. The predicted octanol–water partition coefficient (Wildman–Crippen LogP) is 3.52. The molecule has 0 saturated carbocycles. The summed E-state index contributed by atoms with van der Waals surface area (Å²) in [6.07, 6.45) is 2.17. The Kier molecular flexibility index (Phi) is 4.93. The number of aromatic nitrogens is 1. The van der Waals surface area contributed by atoms with E-state index in [1.807, 2.05) is 45.0 Å². The molecule has 1 N–H and O–H groups in total. The first-order chi connectivity index (χ1) is 10.1. The van der Waals surface area contributed by atoms with Gasteiger partial charge in [0.1, 0.15) is 5.75 Å². The highest BCUT2D eigenvalue weighted by molar-refractivity contribution is 5.75. The average Bonchev–Trinajstić information content (AvgIpc) is 2.44. The highest BCUT2D eigenvalue weighted by Gasteiger charge is 2.03. The van der Waals surface area contributed by atoms with Gasteiger partial charge in [-0.3, -0.25) is 4.79 Å². The second-order valence-corrected chi connectivity index (χ2v) is 5.06. The van der Waals surface area contributed by atoms with Gasteiger partial charge in [-0.15, -0.1) is 0 Å². The van der Waals surface area contributed by atoms with Crippen molar-refractivity contribution in [3.05, 3.63) is 53.2 Å². The van der Waals surface area contributed by atoms with Gasteiger partial charge in [0, 0.05) is 25.2 Å². The normalized spacial score (nSPS) is 10.2. The van der Waals surface area contributed by atoms with Gasteiger partial charge >= 0.3 is 0 Å². The van der Waals surface area contributed by atoms with Gasteiger partial charge in [-0.2, -0.15) is 0 Å². The number of carbonyl (C=O) groups is 1. The molecule has 0 bridgehead atoms. The Morgan fingerprint density at radius 1 is 1.19 bits per heavy atom. The third-order valence-corrected chi connectivity index (χ3v) is 3.03. The number of hydrogen-bond acceptors (Lipinski definition) is 3. The molecule has 21 heavy (non-hydrogen) atoms. The molecule has 1 aromatic heterocycles. The summed E-state index contributed by atoms with van der Waals surface area (Å²) >= 11 is 0. The fraction of sp³-hybridized carbons (Fsp3) is 0.294. The maximum absolute atomic E-state index is 11.3. The van der Waals surface area contributed by atoms with Crippen LogP contribution in [0.3, 0.4) is 0 Å². The van der Waals surface area contributed by atoms with Crippen molar-refractivity contribution in [2.75, 3.05) is 0 Å². The van der Waals surface area contributed by atoms with Gasteiger partial charge in [-0.05, 0) is 48.7 Å². The first kappa shape index (κ1) is 15.0. The Morgan fingerprint density at radius 3 is 2.57 bits per heavy atom. The van der Waals surface area contributed by atoms with Crippen LogP contribution in [0.25, 0.3) is 0 Å². The summed E-state index contributed by atoms with van der Waals surface area (Å²) in [6.45, 7) is 6.38. The van der Waals surface area contributed by atoms with Crippen molar-refractivity contribution in [3.8, 4) is 11.6 Å². The number of hydrogen-bond donors (Lipinski definition) is 1. The number of nitrogens with one attached hydrogen (secondary N) is 1. The molecular weight excluding hydrogens is 264 g/mol. The largest absolute Gasteiger partial charge is 0.439 e. The van der Waals surface area contributed by atoms with Crippen molar-refractivity contribution >= 4 is 5.91 Å².